The lowest BCUT2D eigenvalue weighted by Crippen LogP contribution is -2.11. The van der Waals surface area contributed by atoms with Crippen LogP contribution in [-0.2, 0) is 0 Å². The van der Waals surface area contributed by atoms with E-state index in [9.17, 15) is 9.50 Å². The lowest BCUT2D eigenvalue weighted by atomic mass is 10.1. The summed E-state index contributed by atoms with van der Waals surface area (Å²) < 4.78 is 16.8. The maximum Gasteiger partial charge on any atom is 0.123 e. The Morgan fingerprint density at radius 3 is 2.50 bits per heavy atom. The van der Waals surface area contributed by atoms with Crippen molar-refractivity contribution in [3.63, 3.8) is 0 Å². The van der Waals surface area contributed by atoms with Gasteiger partial charge in [0.2, 0.25) is 0 Å². The summed E-state index contributed by atoms with van der Waals surface area (Å²) >= 11 is 0. The topological polar surface area (TPSA) is 55.5 Å². The molecular formula is C10H14FNO2. The molecule has 0 saturated carbocycles. The van der Waals surface area contributed by atoms with E-state index < -0.39 is 12.8 Å². The number of nitrogens with two attached hydrogens (primary N) is 1. The summed E-state index contributed by atoms with van der Waals surface area (Å²) in [5, 5.41) is 9.37. The molecule has 0 unspecified atom stereocenters. The molecule has 0 heterocycles. The molecule has 1 atom stereocenters. The highest BCUT2D eigenvalue weighted by molar-refractivity contribution is 5.28. The minimum Gasteiger partial charge on any atom is -0.491 e. The van der Waals surface area contributed by atoms with Crippen LogP contribution in [0.3, 0.4) is 0 Å². The molecule has 1 aromatic rings. The maximum atomic E-state index is 11.8. The summed E-state index contributed by atoms with van der Waals surface area (Å²) in [5.74, 6) is 0.593. The molecule has 0 aromatic heterocycles. The molecule has 1 rings (SSSR count). The van der Waals surface area contributed by atoms with Crippen molar-refractivity contribution in [1.29, 1.82) is 0 Å². The Labute approximate surface area is 82.3 Å². The standard InChI is InChI=1S/C10H14FNO2/c11-5-6-14-9-3-1-8(2-4-9)10(13)7-12/h1-4,10,13H,5-7,12H2/t10-/m0/s1. The SMILES string of the molecule is NC[C@H](O)c1ccc(OCCF)cc1. The second kappa shape index (κ2) is 5.57. The molecule has 0 saturated heterocycles. The first-order valence-electron chi connectivity index (χ1n) is 4.44. The Morgan fingerprint density at radius 1 is 1.36 bits per heavy atom. The van der Waals surface area contributed by atoms with E-state index in [2.05, 4.69) is 0 Å². The van der Waals surface area contributed by atoms with Crippen LogP contribution in [-0.4, -0.2) is 24.9 Å². The van der Waals surface area contributed by atoms with Crippen molar-refractivity contribution in [1.82, 2.24) is 0 Å². The highest BCUT2D eigenvalue weighted by Gasteiger charge is 2.04. The summed E-state index contributed by atoms with van der Waals surface area (Å²) in [4.78, 5) is 0. The molecule has 3 nitrogen and oxygen atoms in total. The van der Waals surface area contributed by atoms with Crippen LogP contribution < -0.4 is 10.5 Å². The van der Waals surface area contributed by atoms with E-state index in [1.165, 1.54) is 0 Å². The van der Waals surface area contributed by atoms with Crippen LogP contribution in [0.4, 0.5) is 4.39 Å². The molecule has 0 aliphatic carbocycles. The lowest BCUT2D eigenvalue weighted by molar-refractivity contribution is 0.186. The largest absolute Gasteiger partial charge is 0.491 e. The molecule has 0 aliphatic rings. The molecule has 0 amide bonds. The molecule has 78 valence electrons. The summed E-state index contributed by atoms with van der Waals surface area (Å²) in [6.07, 6.45) is -0.648. The van der Waals surface area contributed by atoms with E-state index in [0.29, 0.717) is 5.75 Å². The van der Waals surface area contributed by atoms with Crippen LogP contribution in [0.2, 0.25) is 0 Å². The van der Waals surface area contributed by atoms with Gasteiger partial charge >= 0.3 is 0 Å². The Hall–Kier alpha value is -1.13. The van der Waals surface area contributed by atoms with Gasteiger partial charge in [0.05, 0.1) is 6.10 Å². The van der Waals surface area contributed by atoms with E-state index in [-0.39, 0.29) is 13.2 Å². The van der Waals surface area contributed by atoms with E-state index in [4.69, 9.17) is 10.5 Å². The van der Waals surface area contributed by atoms with Gasteiger partial charge in [-0.25, -0.2) is 4.39 Å². The first-order valence-corrected chi connectivity index (χ1v) is 4.44. The average Bonchev–Trinajstić information content (AvgIpc) is 2.26. The zero-order valence-electron chi connectivity index (χ0n) is 7.82. The van der Waals surface area contributed by atoms with Gasteiger partial charge < -0.3 is 15.6 Å². The van der Waals surface area contributed by atoms with E-state index in [1.54, 1.807) is 24.3 Å². The molecular weight excluding hydrogens is 185 g/mol. The number of ether oxygens (including phenoxy) is 1. The van der Waals surface area contributed by atoms with E-state index in [0.717, 1.165) is 5.56 Å². The number of benzene rings is 1. The van der Waals surface area contributed by atoms with Crippen molar-refractivity contribution in [3.8, 4) is 5.75 Å². The van der Waals surface area contributed by atoms with Crippen molar-refractivity contribution in [3.05, 3.63) is 29.8 Å². The molecule has 1 aromatic carbocycles. The molecule has 0 bridgehead atoms. The molecule has 14 heavy (non-hydrogen) atoms. The van der Waals surface area contributed by atoms with Crippen LogP contribution >= 0.6 is 0 Å². The Bertz CT molecular complexity index is 263. The van der Waals surface area contributed by atoms with Crippen molar-refractivity contribution < 1.29 is 14.2 Å². The summed E-state index contributed by atoms with van der Waals surface area (Å²) in [6.45, 7) is -0.267. The molecule has 0 spiro atoms. The van der Waals surface area contributed by atoms with Gasteiger partial charge in [-0.1, -0.05) is 12.1 Å². The van der Waals surface area contributed by atoms with Gasteiger partial charge in [0.1, 0.15) is 19.0 Å². The predicted molar refractivity (Wildman–Crippen MR) is 51.9 cm³/mol. The fraction of sp³-hybridized carbons (Fsp3) is 0.400. The normalized spacial score (nSPS) is 12.5. The van der Waals surface area contributed by atoms with E-state index >= 15 is 0 Å². The third-order valence-corrected chi connectivity index (χ3v) is 1.83. The zero-order valence-corrected chi connectivity index (χ0v) is 7.82. The van der Waals surface area contributed by atoms with Gasteiger partial charge in [0.15, 0.2) is 0 Å². The van der Waals surface area contributed by atoms with Crippen molar-refractivity contribution in [2.24, 2.45) is 5.73 Å². The van der Waals surface area contributed by atoms with Gasteiger partial charge in [-0.15, -0.1) is 0 Å². The summed E-state index contributed by atoms with van der Waals surface area (Å²) in [6, 6.07) is 6.80. The quantitative estimate of drug-likeness (QED) is 0.744. The fourth-order valence-electron chi connectivity index (χ4n) is 1.08. The second-order valence-electron chi connectivity index (χ2n) is 2.86. The molecule has 4 heteroatoms. The highest BCUT2D eigenvalue weighted by Crippen LogP contribution is 2.16. The number of hydrogen-bond donors (Lipinski definition) is 2. The third kappa shape index (κ3) is 2.97. The average molecular weight is 199 g/mol. The van der Waals surface area contributed by atoms with Crippen LogP contribution in [0.1, 0.15) is 11.7 Å². The Balaban J connectivity index is 2.59. The van der Waals surface area contributed by atoms with Gasteiger partial charge in [0, 0.05) is 6.54 Å². The number of aliphatic hydroxyl groups is 1. The lowest BCUT2D eigenvalue weighted by Gasteiger charge is -2.09. The Morgan fingerprint density at radius 2 is 2.00 bits per heavy atom. The summed E-state index contributed by atoms with van der Waals surface area (Å²) in [5.41, 5.74) is 6.03. The Kier molecular flexibility index (Phi) is 4.35. The first-order chi connectivity index (χ1) is 6.77. The molecule has 0 radical (unpaired) electrons. The number of alkyl halides is 1. The number of aliphatic hydroxyl groups excluding tert-OH is 1. The van der Waals surface area contributed by atoms with Crippen LogP contribution in [0.15, 0.2) is 24.3 Å². The summed E-state index contributed by atoms with van der Waals surface area (Å²) in [7, 11) is 0. The van der Waals surface area contributed by atoms with Gasteiger partial charge in [-0.3, -0.25) is 0 Å². The highest BCUT2D eigenvalue weighted by atomic mass is 19.1. The first kappa shape index (κ1) is 10.9. The van der Waals surface area contributed by atoms with Crippen molar-refractivity contribution >= 4 is 0 Å². The minimum atomic E-state index is -0.648. The zero-order chi connectivity index (χ0) is 10.4. The van der Waals surface area contributed by atoms with Crippen molar-refractivity contribution in [2.75, 3.05) is 19.8 Å². The second-order valence-corrected chi connectivity index (χ2v) is 2.86. The predicted octanol–water partition coefficient (Wildman–Crippen LogP) is 1.03. The monoisotopic (exact) mass is 199 g/mol. The minimum absolute atomic E-state index is 0.0544. The van der Waals surface area contributed by atoms with Crippen LogP contribution in [0, 0.1) is 0 Å². The molecule has 0 fully saturated rings. The van der Waals surface area contributed by atoms with Gasteiger partial charge in [0.25, 0.3) is 0 Å². The van der Waals surface area contributed by atoms with E-state index in [1.807, 2.05) is 0 Å². The van der Waals surface area contributed by atoms with Gasteiger partial charge in [-0.05, 0) is 17.7 Å². The van der Waals surface area contributed by atoms with Crippen molar-refractivity contribution in [2.45, 2.75) is 6.10 Å². The number of halogens is 1. The molecule has 3 N–H and O–H groups in total. The van der Waals surface area contributed by atoms with Gasteiger partial charge in [-0.2, -0.15) is 0 Å². The number of hydrogen-bond acceptors (Lipinski definition) is 3. The molecule has 0 aliphatic heterocycles. The third-order valence-electron chi connectivity index (χ3n) is 1.83. The maximum absolute atomic E-state index is 11.8. The smallest absolute Gasteiger partial charge is 0.123 e. The van der Waals surface area contributed by atoms with Crippen LogP contribution in [0.5, 0.6) is 5.75 Å². The fourth-order valence-corrected chi connectivity index (χ4v) is 1.08. The number of rotatable bonds is 5. The van der Waals surface area contributed by atoms with Crippen LogP contribution in [0.25, 0.3) is 0 Å².